The van der Waals surface area contributed by atoms with Crippen molar-refractivity contribution in [1.82, 2.24) is 15.5 Å². The Morgan fingerprint density at radius 1 is 1.28 bits per heavy atom. The number of likely N-dealkylation sites (tertiary alicyclic amines) is 1. The number of hydrogen-bond donors (Lipinski definition) is 2. The van der Waals surface area contributed by atoms with E-state index < -0.39 is 0 Å². The van der Waals surface area contributed by atoms with Gasteiger partial charge in [0.25, 0.3) is 0 Å². The van der Waals surface area contributed by atoms with Gasteiger partial charge in [-0.3, -0.25) is 4.79 Å². The highest BCUT2D eigenvalue weighted by atomic mass is 127. The van der Waals surface area contributed by atoms with E-state index in [1.165, 1.54) is 6.42 Å². The summed E-state index contributed by atoms with van der Waals surface area (Å²) in [6, 6.07) is 6.19. The Bertz CT molecular complexity index is 714. The first kappa shape index (κ1) is 28.5. The van der Waals surface area contributed by atoms with Crippen LogP contribution in [0.5, 0.6) is 5.75 Å². The SMILES string of the molecule is CCNC(=NCc1ccc(C)cc1OCCCOC)NCCC(=O)N1CCCC(C)C1.I. The van der Waals surface area contributed by atoms with E-state index in [4.69, 9.17) is 14.5 Å². The molecule has 1 fully saturated rings. The second kappa shape index (κ2) is 16.1. The van der Waals surface area contributed by atoms with E-state index >= 15 is 0 Å². The number of halogens is 1. The number of nitrogens with one attached hydrogen (secondary N) is 2. The van der Waals surface area contributed by atoms with Gasteiger partial charge in [0.2, 0.25) is 5.91 Å². The minimum absolute atomic E-state index is 0. The molecule has 8 heteroatoms. The van der Waals surface area contributed by atoms with Crippen molar-refractivity contribution in [2.45, 2.75) is 53.0 Å². The molecular weight excluding hydrogens is 519 g/mol. The molecule has 1 aliphatic rings. The van der Waals surface area contributed by atoms with Crippen molar-refractivity contribution in [1.29, 1.82) is 0 Å². The molecule has 1 saturated heterocycles. The quantitative estimate of drug-likeness (QED) is 0.187. The highest BCUT2D eigenvalue weighted by molar-refractivity contribution is 14.0. The number of carbonyl (C=O) groups is 1. The largest absolute Gasteiger partial charge is 0.493 e. The number of piperidine rings is 1. The maximum absolute atomic E-state index is 12.5. The molecule has 0 spiro atoms. The number of guanidine groups is 1. The number of rotatable bonds is 11. The van der Waals surface area contributed by atoms with Gasteiger partial charge in [-0.1, -0.05) is 19.1 Å². The van der Waals surface area contributed by atoms with Crippen LogP contribution in [0, 0.1) is 12.8 Å². The molecule has 0 saturated carbocycles. The van der Waals surface area contributed by atoms with Crippen LogP contribution >= 0.6 is 24.0 Å². The Balaban J connectivity index is 0.00000512. The first-order chi connectivity index (χ1) is 15.0. The molecule has 0 radical (unpaired) electrons. The molecule has 1 aliphatic heterocycles. The molecule has 1 unspecified atom stereocenters. The highest BCUT2D eigenvalue weighted by Gasteiger charge is 2.20. The van der Waals surface area contributed by atoms with E-state index in [0.29, 0.717) is 44.6 Å². The zero-order chi connectivity index (χ0) is 22.5. The zero-order valence-electron chi connectivity index (χ0n) is 20.1. The summed E-state index contributed by atoms with van der Waals surface area (Å²) in [5.74, 6) is 2.41. The number of ether oxygens (including phenoxy) is 2. The molecule has 182 valence electrons. The van der Waals surface area contributed by atoms with Gasteiger partial charge < -0.3 is 25.0 Å². The van der Waals surface area contributed by atoms with E-state index in [1.807, 2.05) is 11.8 Å². The van der Waals surface area contributed by atoms with Crippen molar-refractivity contribution in [2.24, 2.45) is 10.9 Å². The zero-order valence-corrected chi connectivity index (χ0v) is 22.4. The van der Waals surface area contributed by atoms with Crippen molar-refractivity contribution in [2.75, 3.05) is 46.5 Å². The van der Waals surface area contributed by atoms with Crippen LogP contribution in [-0.2, 0) is 16.1 Å². The predicted molar refractivity (Wildman–Crippen MR) is 141 cm³/mol. The summed E-state index contributed by atoms with van der Waals surface area (Å²) >= 11 is 0. The Morgan fingerprint density at radius 2 is 2.09 bits per heavy atom. The van der Waals surface area contributed by atoms with Crippen molar-refractivity contribution >= 4 is 35.8 Å². The average molecular weight is 561 g/mol. The van der Waals surface area contributed by atoms with Gasteiger partial charge in [-0.15, -0.1) is 24.0 Å². The van der Waals surface area contributed by atoms with Crippen LogP contribution in [0.1, 0.15) is 50.7 Å². The second-order valence-electron chi connectivity index (χ2n) is 8.27. The Kier molecular flexibility index (Phi) is 14.4. The van der Waals surface area contributed by atoms with E-state index in [2.05, 4.69) is 42.7 Å². The van der Waals surface area contributed by atoms with Crippen molar-refractivity contribution in [3.63, 3.8) is 0 Å². The van der Waals surface area contributed by atoms with Crippen LogP contribution in [0.2, 0.25) is 0 Å². The fraction of sp³-hybridized carbons (Fsp3) is 0.667. The average Bonchev–Trinajstić information content (AvgIpc) is 2.76. The number of amides is 1. The third kappa shape index (κ3) is 10.4. The van der Waals surface area contributed by atoms with Gasteiger partial charge in [-0.05, 0) is 44.2 Å². The summed E-state index contributed by atoms with van der Waals surface area (Å²) in [4.78, 5) is 19.2. The van der Waals surface area contributed by atoms with Gasteiger partial charge in [0, 0.05) is 58.3 Å². The normalized spacial score (nSPS) is 16.3. The van der Waals surface area contributed by atoms with Gasteiger partial charge in [0.15, 0.2) is 5.96 Å². The molecule has 0 bridgehead atoms. The van der Waals surface area contributed by atoms with E-state index in [1.54, 1.807) is 7.11 Å². The summed E-state index contributed by atoms with van der Waals surface area (Å²) in [7, 11) is 1.70. The lowest BCUT2D eigenvalue weighted by Gasteiger charge is -2.31. The van der Waals surface area contributed by atoms with Crippen LogP contribution in [0.15, 0.2) is 23.2 Å². The molecule has 1 amide bonds. The van der Waals surface area contributed by atoms with Crippen molar-refractivity contribution in [3.8, 4) is 5.75 Å². The number of hydrogen-bond acceptors (Lipinski definition) is 4. The monoisotopic (exact) mass is 560 g/mol. The molecular formula is C24H41IN4O3. The Hall–Kier alpha value is -1.55. The van der Waals surface area contributed by atoms with E-state index in [-0.39, 0.29) is 29.9 Å². The highest BCUT2D eigenvalue weighted by Crippen LogP contribution is 2.21. The van der Waals surface area contributed by atoms with Gasteiger partial charge >= 0.3 is 0 Å². The minimum Gasteiger partial charge on any atom is -0.493 e. The summed E-state index contributed by atoms with van der Waals surface area (Å²) in [6.07, 6.45) is 3.66. The van der Waals surface area contributed by atoms with Crippen LogP contribution in [0.3, 0.4) is 0 Å². The number of methoxy groups -OCH3 is 1. The predicted octanol–water partition coefficient (Wildman–Crippen LogP) is 3.73. The summed E-state index contributed by atoms with van der Waals surface area (Å²) in [6.45, 7) is 11.2. The summed E-state index contributed by atoms with van der Waals surface area (Å²) in [5.41, 5.74) is 2.20. The van der Waals surface area contributed by atoms with Gasteiger partial charge in [0.05, 0.1) is 13.2 Å². The van der Waals surface area contributed by atoms with Crippen LogP contribution in [0.25, 0.3) is 0 Å². The number of aryl methyl sites for hydroxylation is 1. The van der Waals surface area contributed by atoms with Crippen molar-refractivity contribution in [3.05, 3.63) is 29.3 Å². The van der Waals surface area contributed by atoms with Crippen LogP contribution < -0.4 is 15.4 Å². The van der Waals surface area contributed by atoms with Gasteiger partial charge in [-0.2, -0.15) is 0 Å². The minimum atomic E-state index is 0. The lowest BCUT2D eigenvalue weighted by atomic mass is 10.00. The van der Waals surface area contributed by atoms with Crippen LogP contribution in [0.4, 0.5) is 0 Å². The number of nitrogens with zero attached hydrogens (tertiary/aromatic N) is 2. The third-order valence-corrected chi connectivity index (χ3v) is 5.37. The number of aliphatic imine (C=N–C) groups is 1. The molecule has 1 heterocycles. The smallest absolute Gasteiger partial charge is 0.224 e. The lowest BCUT2D eigenvalue weighted by Crippen LogP contribution is -2.42. The van der Waals surface area contributed by atoms with E-state index in [0.717, 1.165) is 49.4 Å². The molecule has 0 aromatic heterocycles. The molecule has 1 aromatic carbocycles. The van der Waals surface area contributed by atoms with Gasteiger partial charge in [-0.25, -0.2) is 4.99 Å². The Morgan fingerprint density at radius 3 is 2.81 bits per heavy atom. The van der Waals surface area contributed by atoms with Gasteiger partial charge in [0.1, 0.15) is 5.75 Å². The molecule has 2 rings (SSSR count). The first-order valence-electron chi connectivity index (χ1n) is 11.5. The lowest BCUT2D eigenvalue weighted by molar-refractivity contribution is -0.132. The molecule has 1 atom stereocenters. The third-order valence-electron chi connectivity index (χ3n) is 5.37. The first-order valence-corrected chi connectivity index (χ1v) is 11.5. The topological polar surface area (TPSA) is 75.2 Å². The Labute approximate surface area is 210 Å². The molecule has 1 aromatic rings. The molecule has 7 nitrogen and oxygen atoms in total. The molecule has 32 heavy (non-hydrogen) atoms. The summed E-state index contributed by atoms with van der Waals surface area (Å²) in [5, 5.41) is 6.56. The van der Waals surface area contributed by atoms with Crippen LogP contribution in [-0.4, -0.2) is 63.3 Å². The maximum Gasteiger partial charge on any atom is 0.224 e. The summed E-state index contributed by atoms with van der Waals surface area (Å²) < 4.78 is 11.1. The molecule has 0 aliphatic carbocycles. The van der Waals surface area contributed by atoms with Crippen molar-refractivity contribution < 1.29 is 14.3 Å². The maximum atomic E-state index is 12.5. The standard InChI is InChI=1S/C24H40N4O3.HI/c1-5-25-24(26-12-11-23(29)28-13-6-8-20(3)18-28)27-17-21-10-9-19(2)16-22(21)31-15-7-14-30-4;/h9-10,16,20H,5-8,11-15,17-18H2,1-4H3,(H2,25,26,27);1H. The second-order valence-corrected chi connectivity index (χ2v) is 8.27. The molecule has 2 N–H and O–H groups in total. The van der Waals surface area contributed by atoms with E-state index in [9.17, 15) is 4.79 Å². The number of carbonyl (C=O) groups excluding carboxylic acids is 1. The number of benzene rings is 1. The fourth-order valence-corrected chi connectivity index (χ4v) is 3.68. The fourth-order valence-electron chi connectivity index (χ4n) is 3.68.